The lowest BCUT2D eigenvalue weighted by atomic mass is 10.1. The molecule has 0 aliphatic heterocycles. The van der Waals surface area contributed by atoms with Crippen molar-refractivity contribution in [1.29, 1.82) is 5.26 Å². The highest BCUT2D eigenvalue weighted by atomic mass is 35.5. The molecule has 0 bridgehead atoms. The summed E-state index contributed by atoms with van der Waals surface area (Å²) < 4.78 is 14.4. The van der Waals surface area contributed by atoms with Gasteiger partial charge in [0.2, 0.25) is 5.91 Å². The van der Waals surface area contributed by atoms with Crippen molar-refractivity contribution in [3.8, 4) is 17.2 Å². The van der Waals surface area contributed by atoms with Crippen LogP contribution < -0.4 is 10.9 Å². The molecule has 2 heterocycles. The van der Waals surface area contributed by atoms with E-state index in [0.717, 1.165) is 0 Å². The standard InChI is InChI=1S/C21H12ClFN4O2S/c22-14-4-1-13(8-24)17(7-14)26-18(28)9-27-11-25-20-19(21(27)29)16(10-30-20)12-2-5-15(23)6-3-12/h1-7,10-11H,9H2,(H,26,28). The molecule has 0 radical (unpaired) electrons. The molecule has 0 fully saturated rings. The van der Waals surface area contributed by atoms with Gasteiger partial charge in [-0.3, -0.25) is 14.2 Å². The minimum Gasteiger partial charge on any atom is -0.323 e. The summed E-state index contributed by atoms with van der Waals surface area (Å²) in [4.78, 5) is 30.3. The minimum absolute atomic E-state index is 0.255. The lowest BCUT2D eigenvalue weighted by molar-refractivity contribution is -0.116. The lowest BCUT2D eigenvalue weighted by Gasteiger charge is -2.09. The van der Waals surface area contributed by atoms with Crippen LogP contribution in [0.15, 0.2) is 59.0 Å². The topological polar surface area (TPSA) is 87.8 Å². The number of aromatic nitrogens is 2. The molecule has 0 atom stereocenters. The van der Waals surface area contributed by atoms with Gasteiger partial charge in [-0.15, -0.1) is 11.3 Å². The first-order chi connectivity index (χ1) is 14.5. The van der Waals surface area contributed by atoms with Crippen LogP contribution in [-0.4, -0.2) is 15.5 Å². The highest BCUT2D eigenvalue weighted by Crippen LogP contribution is 2.30. The van der Waals surface area contributed by atoms with Gasteiger partial charge in [-0.1, -0.05) is 23.7 Å². The van der Waals surface area contributed by atoms with Crippen LogP contribution in [-0.2, 0) is 11.3 Å². The van der Waals surface area contributed by atoms with Crippen molar-refractivity contribution in [2.45, 2.75) is 6.54 Å². The number of nitrogens with zero attached hydrogens (tertiary/aromatic N) is 3. The Hall–Kier alpha value is -3.54. The summed E-state index contributed by atoms with van der Waals surface area (Å²) >= 11 is 7.23. The number of anilines is 1. The van der Waals surface area contributed by atoms with Gasteiger partial charge < -0.3 is 5.32 Å². The van der Waals surface area contributed by atoms with Crippen molar-refractivity contribution >= 4 is 44.7 Å². The van der Waals surface area contributed by atoms with E-state index >= 15 is 0 Å². The van der Waals surface area contributed by atoms with Crippen LogP contribution in [0.1, 0.15) is 5.56 Å². The van der Waals surface area contributed by atoms with Crippen molar-refractivity contribution < 1.29 is 9.18 Å². The van der Waals surface area contributed by atoms with E-state index in [-0.39, 0.29) is 29.2 Å². The van der Waals surface area contributed by atoms with E-state index in [2.05, 4.69) is 10.3 Å². The molecular weight excluding hydrogens is 427 g/mol. The predicted octanol–water partition coefficient (Wildman–Crippen LogP) is 4.43. The van der Waals surface area contributed by atoms with Crippen LogP contribution in [0.4, 0.5) is 10.1 Å². The summed E-state index contributed by atoms with van der Waals surface area (Å²) in [6.07, 6.45) is 1.30. The molecule has 2 aromatic heterocycles. The number of thiophene rings is 1. The second-order valence-corrected chi connectivity index (χ2v) is 7.66. The Morgan fingerprint density at radius 1 is 1.27 bits per heavy atom. The van der Waals surface area contributed by atoms with Gasteiger partial charge in [-0.05, 0) is 35.9 Å². The maximum Gasteiger partial charge on any atom is 0.263 e. The number of hydrogen-bond donors (Lipinski definition) is 1. The van der Waals surface area contributed by atoms with Gasteiger partial charge in [-0.2, -0.15) is 5.26 Å². The molecule has 0 aliphatic rings. The molecule has 30 heavy (non-hydrogen) atoms. The molecule has 4 aromatic rings. The van der Waals surface area contributed by atoms with Crippen LogP contribution in [0, 0.1) is 17.1 Å². The van der Waals surface area contributed by atoms with Crippen LogP contribution in [0.2, 0.25) is 5.02 Å². The minimum atomic E-state index is -0.504. The van der Waals surface area contributed by atoms with Gasteiger partial charge in [0.25, 0.3) is 5.56 Å². The number of nitrogens with one attached hydrogen (secondary N) is 1. The second kappa shape index (κ2) is 8.06. The summed E-state index contributed by atoms with van der Waals surface area (Å²) in [6.45, 7) is -0.294. The number of rotatable bonds is 4. The fraction of sp³-hybridized carbons (Fsp3) is 0.0476. The number of benzene rings is 2. The van der Waals surface area contributed by atoms with Gasteiger partial charge in [0.15, 0.2) is 0 Å². The molecular formula is C21H12ClFN4O2S. The molecule has 148 valence electrons. The number of hydrogen-bond acceptors (Lipinski definition) is 5. The quantitative estimate of drug-likeness (QED) is 0.510. The molecule has 4 rings (SSSR count). The number of halogens is 2. The largest absolute Gasteiger partial charge is 0.323 e. The Morgan fingerprint density at radius 2 is 2.03 bits per heavy atom. The molecule has 9 heteroatoms. The molecule has 0 aliphatic carbocycles. The van der Waals surface area contributed by atoms with Gasteiger partial charge in [0.1, 0.15) is 23.3 Å². The van der Waals surface area contributed by atoms with E-state index < -0.39 is 5.91 Å². The number of carbonyl (C=O) groups is 1. The molecule has 0 unspecified atom stereocenters. The lowest BCUT2D eigenvalue weighted by Crippen LogP contribution is -2.28. The van der Waals surface area contributed by atoms with E-state index in [4.69, 9.17) is 11.6 Å². The zero-order chi connectivity index (χ0) is 21.3. The van der Waals surface area contributed by atoms with E-state index in [1.54, 1.807) is 23.6 Å². The van der Waals surface area contributed by atoms with Crippen LogP contribution in [0.25, 0.3) is 21.3 Å². The highest BCUT2D eigenvalue weighted by Gasteiger charge is 2.15. The fourth-order valence-electron chi connectivity index (χ4n) is 2.98. The normalized spacial score (nSPS) is 10.7. The first-order valence-electron chi connectivity index (χ1n) is 8.68. The highest BCUT2D eigenvalue weighted by molar-refractivity contribution is 7.17. The Morgan fingerprint density at radius 3 is 2.77 bits per heavy atom. The fourth-order valence-corrected chi connectivity index (χ4v) is 4.06. The van der Waals surface area contributed by atoms with Gasteiger partial charge in [-0.25, -0.2) is 9.37 Å². The third kappa shape index (κ3) is 3.81. The molecule has 0 saturated carbocycles. The van der Waals surface area contributed by atoms with E-state index in [0.29, 0.717) is 26.4 Å². The molecule has 6 nitrogen and oxygen atoms in total. The molecule has 2 aromatic carbocycles. The summed E-state index contributed by atoms with van der Waals surface area (Å²) in [6, 6.07) is 12.3. The zero-order valence-electron chi connectivity index (χ0n) is 15.2. The maximum absolute atomic E-state index is 13.2. The van der Waals surface area contributed by atoms with E-state index in [9.17, 15) is 19.2 Å². The molecule has 1 amide bonds. The Balaban J connectivity index is 1.66. The summed E-state index contributed by atoms with van der Waals surface area (Å²) in [5, 5.41) is 14.3. The van der Waals surface area contributed by atoms with Crippen molar-refractivity contribution in [3.63, 3.8) is 0 Å². The van der Waals surface area contributed by atoms with E-state index in [1.165, 1.54) is 46.5 Å². The van der Waals surface area contributed by atoms with Gasteiger partial charge in [0, 0.05) is 16.0 Å². The average molecular weight is 439 g/mol. The van der Waals surface area contributed by atoms with Gasteiger partial charge in [0.05, 0.1) is 23.0 Å². The number of fused-ring (bicyclic) bond motifs is 1. The summed E-state index contributed by atoms with van der Waals surface area (Å²) in [5.41, 5.74) is 1.44. The van der Waals surface area contributed by atoms with Gasteiger partial charge >= 0.3 is 0 Å². The SMILES string of the molecule is N#Cc1ccc(Cl)cc1NC(=O)Cn1cnc2scc(-c3ccc(F)cc3)c2c1=O. The number of nitriles is 1. The van der Waals surface area contributed by atoms with Crippen LogP contribution in [0.5, 0.6) is 0 Å². The number of amides is 1. The van der Waals surface area contributed by atoms with Crippen molar-refractivity contribution in [1.82, 2.24) is 9.55 Å². The molecule has 1 N–H and O–H groups in total. The monoisotopic (exact) mass is 438 g/mol. The first kappa shape index (κ1) is 19.8. The number of carbonyl (C=O) groups excluding carboxylic acids is 1. The third-order valence-electron chi connectivity index (χ3n) is 4.41. The van der Waals surface area contributed by atoms with Crippen molar-refractivity contribution in [3.05, 3.63) is 80.9 Å². The Bertz CT molecular complexity index is 1370. The summed E-state index contributed by atoms with van der Waals surface area (Å²) in [5.74, 6) is -0.876. The van der Waals surface area contributed by atoms with E-state index in [1.807, 2.05) is 6.07 Å². The van der Waals surface area contributed by atoms with Crippen molar-refractivity contribution in [2.75, 3.05) is 5.32 Å². The Labute approximate surface area is 178 Å². The summed E-state index contributed by atoms with van der Waals surface area (Å²) in [7, 11) is 0. The van der Waals surface area contributed by atoms with Crippen molar-refractivity contribution in [2.24, 2.45) is 0 Å². The first-order valence-corrected chi connectivity index (χ1v) is 9.94. The van der Waals surface area contributed by atoms with Crippen LogP contribution in [0.3, 0.4) is 0 Å². The predicted molar refractivity (Wildman–Crippen MR) is 114 cm³/mol. The zero-order valence-corrected chi connectivity index (χ0v) is 16.8. The Kier molecular flexibility index (Phi) is 5.31. The third-order valence-corrected chi connectivity index (χ3v) is 5.53. The molecule has 0 spiro atoms. The maximum atomic E-state index is 13.2. The smallest absolute Gasteiger partial charge is 0.263 e. The second-order valence-electron chi connectivity index (χ2n) is 6.36. The van der Waals surface area contributed by atoms with Crippen LogP contribution >= 0.6 is 22.9 Å². The molecule has 0 saturated heterocycles. The average Bonchev–Trinajstić information content (AvgIpc) is 3.16.